The van der Waals surface area contributed by atoms with Crippen LogP contribution in [0.2, 0.25) is 0 Å². The van der Waals surface area contributed by atoms with Gasteiger partial charge in [-0.3, -0.25) is 10.1 Å². The summed E-state index contributed by atoms with van der Waals surface area (Å²) in [6.45, 7) is 0. The van der Waals surface area contributed by atoms with Crippen LogP contribution in [0.3, 0.4) is 0 Å². The summed E-state index contributed by atoms with van der Waals surface area (Å²) in [5.74, 6) is -1.15. The lowest BCUT2D eigenvalue weighted by atomic mass is 10.2. The SMILES string of the molecule is O=[N+]([O-])c1cc(F)nc(I)c1C(F)F. The molecule has 0 radical (unpaired) electrons. The molecule has 1 rings (SSSR count). The number of aromatic nitrogens is 1. The molecule has 1 heterocycles. The second-order valence-corrected chi connectivity index (χ2v) is 3.25. The smallest absolute Gasteiger partial charge is 0.258 e. The first-order chi connectivity index (χ1) is 6.43. The summed E-state index contributed by atoms with van der Waals surface area (Å²) in [6, 6.07) is 0.379. The Morgan fingerprint density at radius 2 is 2.14 bits per heavy atom. The zero-order chi connectivity index (χ0) is 10.9. The van der Waals surface area contributed by atoms with Crippen molar-refractivity contribution >= 4 is 28.3 Å². The molecule has 0 aliphatic rings. The van der Waals surface area contributed by atoms with E-state index < -0.39 is 32.2 Å². The van der Waals surface area contributed by atoms with Gasteiger partial charge in [0.25, 0.3) is 12.1 Å². The Balaban J connectivity index is 3.44. The number of pyridine rings is 1. The van der Waals surface area contributed by atoms with Crippen LogP contribution in [0.5, 0.6) is 0 Å². The van der Waals surface area contributed by atoms with E-state index in [-0.39, 0.29) is 0 Å². The molecule has 0 aliphatic carbocycles. The van der Waals surface area contributed by atoms with E-state index in [9.17, 15) is 23.3 Å². The molecular weight excluding hydrogens is 316 g/mol. The van der Waals surface area contributed by atoms with Gasteiger partial charge in [-0.2, -0.15) is 4.39 Å². The normalized spacial score (nSPS) is 10.6. The molecule has 0 bridgehead atoms. The summed E-state index contributed by atoms with van der Waals surface area (Å²) in [5, 5.41) is 10.3. The molecule has 0 unspecified atom stereocenters. The maximum absolute atomic E-state index is 12.6. The fourth-order valence-electron chi connectivity index (χ4n) is 0.835. The average molecular weight is 318 g/mol. The second kappa shape index (κ2) is 4.07. The van der Waals surface area contributed by atoms with Crippen LogP contribution >= 0.6 is 22.6 Å². The van der Waals surface area contributed by atoms with Crippen LogP contribution in [-0.4, -0.2) is 9.91 Å². The van der Waals surface area contributed by atoms with Crippen molar-refractivity contribution in [1.29, 1.82) is 0 Å². The van der Waals surface area contributed by atoms with Gasteiger partial charge in [0.15, 0.2) is 0 Å². The van der Waals surface area contributed by atoms with E-state index in [0.717, 1.165) is 0 Å². The average Bonchev–Trinajstić information content (AvgIpc) is 2.01. The summed E-state index contributed by atoms with van der Waals surface area (Å²) in [7, 11) is 0. The maximum Gasteiger partial charge on any atom is 0.285 e. The van der Waals surface area contributed by atoms with Crippen LogP contribution in [0.25, 0.3) is 0 Å². The lowest BCUT2D eigenvalue weighted by Gasteiger charge is -2.03. The molecule has 14 heavy (non-hydrogen) atoms. The van der Waals surface area contributed by atoms with Crippen LogP contribution in [-0.2, 0) is 0 Å². The third-order valence-corrected chi connectivity index (χ3v) is 2.20. The number of hydrogen-bond donors (Lipinski definition) is 0. The minimum absolute atomic E-state index is 0.379. The number of nitrogens with zero attached hydrogens (tertiary/aromatic N) is 2. The number of rotatable bonds is 2. The van der Waals surface area contributed by atoms with Crippen LogP contribution in [0.4, 0.5) is 18.9 Å². The Bertz CT molecular complexity index is 386. The lowest BCUT2D eigenvalue weighted by Crippen LogP contribution is -2.02. The standard InChI is InChI=1S/C6H2F3IN2O2/c7-3-1-2(12(13)14)4(5(8)9)6(10)11-3/h1,5H. The summed E-state index contributed by atoms with van der Waals surface area (Å²) in [4.78, 5) is 12.3. The fraction of sp³-hybridized carbons (Fsp3) is 0.167. The molecule has 1 aromatic heterocycles. The van der Waals surface area contributed by atoms with E-state index >= 15 is 0 Å². The summed E-state index contributed by atoms with van der Waals surface area (Å²) >= 11 is 1.32. The van der Waals surface area contributed by atoms with E-state index in [1.165, 1.54) is 22.6 Å². The molecule has 0 N–H and O–H groups in total. The van der Waals surface area contributed by atoms with Gasteiger partial charge in [-0.1, -0.05) is 0 Å². The fourth-order valence-corrected chi connectivity index (χ4v) is 1.58. The topological polar surface area (TPSA) is 56.0 Å². The summed E-state index contributed by atoms with van der Waals surface area (Å²) in [6.07, 6.45) is -3.05. The van der Waals surface area contributed by atoms with Crippen molar-refractivity contribution < 1.29 is 18.1 Å². The van der Waals surface area contributed by atoms with Gasteiger partial charge in [0.2, 0.25) is 5.95 Å². The Morgan fingerprint density at radius 3 is 2.57 bits per heavy atom. The van der Waals surface area contributed by atoms with Crippen molar-refractivity contribution in [2.75, 3.05) is 0 Å². The Labute approximate surface area is 89.4 Å². The molecule has 4 nitrogen and oxygen atoms in total. The lowest BCUT2D eigenvalue weighted by molar-refractivity contribution is -0.386. The third kappa shape index (κ3) is 2.11. The summed E-state index contributed by atoms with van der Waals surface area (Å²) in [5.41, 5.74) is -1.80. The number of nitro groups is 1. The van der Waals surface area contributed by atoms with Gasteiger partial charge >= 0.3 is 0 Å². The molecular formula is C6H2F3IN2O2. The van der Waals surface area contributed by atoms with Crippen molar-refractivity contribution in [1.82, 2.24) is 4.98 Å². The highest BCUT2D eigenvalue weighted by molar-refractivity contribution is 14.1. The minimum atomic E-state index is -3.05. The summed E-state index contributed by atoms with van der Waals surface area (Å²) < 4.78 is 36.8. The molecule has 8 heteroatoms. The highest BCUT2D eigenvalue weighted by Gasteiger charge is 2.26. The van der Waals surface area contributed by atoms with Gasteiger partial charge in [0, 0.05) is 0 Å². The molecule has 0 saturated heterocycles. The molecule has 1 aromatic rings. The Morgan fingerprint density at radius 1 is 1.57 bits per heavy atom. The largest absolute Gasteiger partial charge is 0.285 e. The van der Waals surface area contributed by atoms with Gasteiger partial charge in [0.1, 0.15) is 9.26 Å². The minimum Gasteiger partial charge on any atom is -0.258 e. The number of hydrogen-bond acceptors (Lipinski definition) is 3. The first-order valence-electron chi connectivity index (χ1n) is 3.22. The van der Waals surface area contributed by atoms with Crippen LogP contribution in [0.15, 0.2) is 6.07 Å². The zero-order valence-corrected chi connectivity index (χ0v) is 8.53. The van der Waals surface area contributed by atoms with E-state index in [2.05, 4.69) is 4.98 Å². The van der Waals surface area contributed by atoms with Crippen LogP contribution in [0, 0.1) is 19.8 Å². The van der Waals surface area contributed by atoms with Gasteiger partial charge in [-0.15, -0.1) is 0 Å². The third-order valence-electron chi connectivity index (χ3n) is 1.37. The first-order valence-corrected chi connectivity index (χ1v) is 4.30. The van der Waals surface area contributed by atoms with Gasteiger partial charge in [-0.05, 0) is 22.6 Å². The Hall–Kier alpha value is -0.930. The van der Waals surface area contributed by atoms with E-state index in [4.69, 9.17) is 0 Å². The molecule has 76 valence electrons. The highest BCUT2D eigenvalue weighted by Crippen LogP contribution is 2.32. The van der Waals surface area contributed by atoms with Gasteiger partial charge in [0.05, 0.1) is 11.0 Å². The number of alkyl halides is 2. The molecule has 0 fully saturated rings. The molecule has 0 spiro atoms. The Kier molecular flexibility index (Phi) is 3.24. The predicted octanol–water partition coefficient (Wildman–Crippen LogP) is 2.67. The van der Waals surface area contributed by atoms with Crippen LogP contribution < -0.4 is 0 Å². The monoisotopic (exact) mass is 318 g/mol. The quantitative estimate of drug-likeness (QED) is 0.365. The van der Waals surface area contributed by atoms with Crippen molar-refractivity contribution in [2.24, 2.45) is 0 Å². The maximum atomic E-state index is 12.6. The first kappa shape index (κ1) is 11.1. The predicted molar refractivity (Wildman–Crippen MR) is 48.5 cm³/mol. The molecule has 0 saturated carbocycles. The highest BCUT2D eigenvalue weighted by atomic mass is 127. The van der Waals surface area contributed by atoms with Crippen molar-refractivity contribution in [3.05, 3.63) is 31.4 Å². The van der Waals surface area contributed by atoms with E-state index in [1.54, 1.807) is 0 Å². The van der Waals surface area contributed by atoms with Gasteiger partial charge in [-0.25, -0.2) is 13.8 Å². The molecule has 0 aromatic carbocycles. The van der Waals surface area contributed by atoms with Crippen molar-refractivity contribution in [3.8, 4) is 0 Å². The van der Waals surface area contributed by atoms with Crippen LogP contribution in [0.1, 0.15) is 12.0 Å². The van der Waals surface area contributed by atoms with E-state index in [0.29, 0.717) is 6.07 Å². The molecule has 0 aliphatic heterocycles. The van der Waals surface area contributed by atoms with E-state index in [1.807, 2.05) is 0 Å². The van der Waals surface area contributed by atoms with Gasteiger partial charge < -0.3 is 0 Å². The van der Waals surface area contributed by atoms with Crippen molar-refractivity contribution in [3.63, 3.8) is 0 Å². The van der Waals surface area contributed by atoms with Crippen molar-refractivity contribution in [2.45, 2.75) is 6.43 Å². The number of halogens is 4. The zero-order valence-electron chi connectivity index (χ0n) is 6.38. The molecule has 0 atom stereocenters. The molecule has 0 amide bonds. The second-order valence-electron chi connectivity index (χ2n) is 2.23.